The third-order valence-corrected chi connectivity index (χ3v) is 6.80. The first kappa shape index (κ1) is 22.2. The molecule has 0 saturated heterocycles. The second kappa shape index (κ2) is 8.32. The number of rotatable bonds is 5. The Morgan fingerprint density at radius 1 is 0.567 bits per heavy atom. The topological polar surface area (TPSA) is 35.5 Å². The van der Waals surface area contributed by atoms with Crippen LogP contribution in [0.5, 0.6) is 11.5 Å². The van der Waals surface area contributed by atoms with E-state index in [9.17, 15) is 4.57 Å². The van der Waals surface area contributed by atoms with Crippen LogP contribution >= 0.6 is 7.60 Å². The average Bonchev–Trinajstić information content (AvgIpc) is 2.68. The maximum Gasteiger partial charge on any atom is 0.462 e. The van der Waals surface area contributed by atoms with Crippen LogP contribution in [0.1, 0.15) is 52.7 Å². The molecule has 0 fully saturated rings. The van der Waals surface area contributed by atoms with Crippen LogP contribution in [0.4, 0.5) is 0 Å². The maximum atomic E-state index is 14.0. The normalized spacial score (nSPS) is 14.1. The zero-order chi connectivity index (χ0) is 22.0. The van der Waals surface area contributed by atoms with E-state index in [0.29, 0.717) is 16.8 Å². The van der Waals surface area contributed by atoms with Gasteiger partial charge in [-0.25, -0.2) is 4.57 Å². The molecule has 158 valence electrons. The van der Waals surface area contributed by atoms with E-state index < -0.39 is 7.60 Å². The van der Waals surface area contributed by atoms with Gasteiger partial charge in [0, 0.05) is 0 Å². The summed E-state index contributed by atoms with van der Waals surface area (Å²) in [6.45, 7) is 12.9. The zero-order valence-corrected chi connectivity index (χ0v) is 19.6. The average molecular weight is 423 g/mol. The highest BCUT2D eigenvalue weighted by molar-refractivity contribution is 7.63. The van der Waals surface area contributed by atoms with Crippen molar-refractivity contribution in [3.05, 3.63) is 90.0 Å². The van der Waals surface area contributed by atoms with Gasteiger partial charge in [-0.3, -0.25) is 0 Å². The maximum absolute atomic E-state index is 14.0. The number of hydrogen-bond donors (Lipinski definition) is 0. The Kier molecular flexibility index (Phi) is 6.15. The van der Waals surface area contributed by atoms with E-state index in [2.05, 4.69) is 41.5 Å². The number of para-hydroxylation sites is 1. The Morgan fingerprint density at radius 3 is 1.40 bits per heavy atom. The van der Waals surface area contributed by atoms with E-state index in [-0.39, 0.29) is 10.8 Å². The molecule has 0 saturated carbocycles. The lowest BCUT2D eigenvalue weighted by atomic mass is 9.87. The first-order valence-electron chi connectivity index (χ1n) is 10.2. The summed E-state index contributed by atoms with van der Waals surface area (Å²) in [6.07, 6.45) is 0. The predicted octanol–water partition coefficient (Wildman–Crippen LogP) is 7.26. The fraction of sp³-hybridized carbons (Fsp3) is 0.308. The molecular weight excluding hydrogens is 391 g/mol. The molecule has 3 aromatic rings. The minimum atomic E-state index is -3.64. The quantitative estimate of drug-likeness (QED) is 0.406. The molecule has 0 radical (unpaired) electrons. The summed E-state index contributed by atoms with van der Waals surface area (Å²) in [7, 11) is -3.64. The molecule has 0 N–H and O–H groups in total. The summed E-state index contributed by atoms with van der Waals surface area (Å²) < 4.78 is 25.9. The lowest BCUT2D eigenvalue weighted by molar-refractivity contribution is 0.399. The van der Waals surface area contributed by atoms with Gasteiger partial charge in [0.05, 0.1) is 5.30 Å². The van der Waals surface area contributed by atoms with Crippen LogP contribution in [0.2, 0.25) is 0 Å². The summed E-state index contributed by atoms with van der Waals surface area (Å²) >= 11 is 0. The Balaban J connectivity index is 1.96. The fourth-order valence-corrected chi connectivity index (χ4v) is 4.60. The van der Waals surface area contributed by atoms with Crippen molar-refractivity contribution in [1.29, 1.82) is 0 Å². The zero-order valence-electron chi connectivity index (χ0n) is 18.7. The Hall–Kier alpha value is -2.51. The van der Waals surface area contributed by atoms with Gasteiger partial charge < -0.3 is 9.05 Å². The minimum absolute atomic E-state index is 0.00640. The van der Waals surface area contributed by atoms with Crippen LogP contribution in [0, 0.1) is 0 Å². The van der Waals surface area contributed by atoms with E-state index in [1.165, 1.54) is 5.56 Å². The second-order valence-corrected chi connectivity index (χ2v) is 11.4. The largest absolute Gasteiger partial charge is 0.462 e. The van der Waals surface area contributed by atoms with Crippen molar-refractivity contribution in [1.82, 2.24) is 0 Å². The molecule has 0 aromatic heterocycles. The van der Waals surface area contributed by atoms with E-state index in [1.54, 1.807) is 12.1 Å². The van der Waals surface area contributed by atoms with E-state index in [4.69, 9.17) is 9.05 Å². The summed E-state index contributed by atoms with van der Waals surface area (Å²) in [5, 5.41) is 0.527. The molecule has 0 aliphatic carbocycles. The Bertz CT molecular complexity index is 1010. The first-order chi connectivity index (χ1) is 14.0. The molecule has 4 heteroatoms. The SMILES string of the molecule is CC(C)(C)c1ccc(OP(=O)(Oc2ccccc2)c2ccc(C(C)(C)C)cc2)cc1. The summed E-state index contributed by atoms with van der Waals surface area (Å²) in [5.74, 6) is 1.02. The van der Waals surface area contributed by atoms with Gasteiger partial charge in [-0.05, 0) is 58.4 Å². The molecule has 3 aromatic carbocycles. The van der Waals surface area contributed by atoms with E-state index in [0.717, 1.165) is 5.56 Å². The predicted molar refractivity (Wildman–Crippen MR) is 125 cm³/mol. The highest BCUT2D eigenvalue weighted by Gasteiger charge is 2.32. The Labute approximate surface area is 180 Å². The minimum Gasteiger partial charge on any atom is -0.413 e. The molecule has 30 heavy (non-hydrogen) atoms. The van der Waals surface area contributed by atoms with Crippen LogP contribution in [0.3, 0.4) is 0 Å². The van der Waals surface area contributed by atoms with Crippen molar-refractivity contribution < 1.29 is 13.6 Å². The monoisotopic (exact) mass is 422 g/mol. The summed E-state index contributed by atoms with van der Waals surface area (Å²) in [5.41, 5.74) is 2.38. The summed E-state index contributed by atoms with van der Waals surface area (Å²) in [4.78, 5) is 0. The first-order valence-corrected chi connectivity index (χ1v) is 11.8. The van der Waals surface area contributed by atoms with Gasteiger partial charge in [0.2, 0.25) is 0 Å². The molecular formula is C26H31O3P. The van der Waals surface area contributed by atoms with Crippen LogP contribution in [0.15, 0.2) is 78.9 Å². The molecule has 0 bridgehead atoms. The molecule has 0 aliphatic heterocycles. The molecule has 0 amide bonds. The number of hydrogen-bond acceptors (Lipinski definition) is 3. The van der Waals surface area contributed by atoms with Crippen LogP contribution in [-0.4, -0.2) is 0 Å². The molecule has 0 heterocycles. The molecule has 3 rings (SSSR count). The highest BCUT2D eigenvalue weighted by atomic mass is 31.2. The van der Waals surface area contributed by atoms with Crippen molar-refractivity contribution in [2.75, 3.05) is 0 Å². The van der Waals surface area contributed by atoms with Gasteiger partial charge in [0.1, 0.15) is 11.5 Å². The number of benzene rings is 3. The molecule has 1 atom stereocenters. The lowest BCUT2D eigenvalue weighted by Crippen LogP contribution is -2.17. The van der Waals surface area contributed by atoms with Crippen molar-refractivity contribution >= 4 is 12.9 Å². The van der Waals surface area contributed by atoms with Gasteiger partial charge in [0.25, 0.3) is 0 Å². The second-order valence-electron chi connectivity index (χ2n) is 9.56. The van der Waals surface area contributed by atoms with Crippen LogP contribution in [0.25, 0.3) is 0 Å². The lowest BCUT2D eigenvalue weighted by Gasteiger charge is -2.23. The van der Waals surface area contributed by atoms with Gasteiger partial charge in [-0.1, -0.05) is 84.0 Å². The highest BCUT2D eigenvalue weighted by Crippen LogP contribution is 2.48. The standard InChI is InChI=1S/C26H31O3P/c1-25(2,3)20-12-16-23(17-13-20)29-30(27,28-22-10-8-7-9-11-22)24-18-14-21(15-19-24)26(4,5)6/h7-19H,1-6H3. The molecule has 0 aliphatic rings. The van der Waals surface area contributed by atoms with Gasteiger partial charge in [0.15, 0.2) is 0 Å². The van der Waals surface area contributed by atoms with Gasteiger partial charge in [-0.2, -0.15) is 0 Å². The van der Waals surface area contributed by atoms with Crippen molar-refractivity contribution in [3.8, 4) is 11.5 Å². The van der Waals surface area contributed by atoms with Crippen molar-refractivity contribution in [2.45, 2.75) is 52.4 Å². The van der Waals surface area contributed by atoms with Gasteiger partial charge in [-0.15, -0.1) is 0 Å². The van der Waals surface area contributed by atoms with Gasteiger partial charge >= 0.3 is 7.60 Å². The Morgan fingerprint density at radius 2 is 0.967 bits per heavy atom. The third-order valence-electron chi connectivity index (χ3n) is 4.96. The van der Waals surface area contributed by atoms with Crippen molar-refractivity contribution in [3.63, 3.8) is 0 Å². The fourth-order valence-electron chi connectivity index (χ4n) is 3.04. The van der Waals surface area contributed by atoms with Crippen molar-refractivity contribution in [2.24, 2.45) is 0 Å². The van der Waals surface area contributed by atoms with Crippen LogP contribution < -0.4 is 14.4 Å². The molecule has 0 spiro atoms. The molecule has 3 nitrogen and oxygen atoms in total. The smallest absolute Gasteiger partial charge is 0.413 e. The van der Waals surface area contributed by atoms with E-state index >= 15 is 0 Å². The van der Waals surface area contributed by atoms with Crippen LogP contribution in [-0.2, 0) is 15.4 Å². The molecule has 1 unspecified atom stereocenters. The summed E-state index contributed by atoms with van der Waals surface area (Å²) in [6, 6.07) is 24.5. The van der Waals surface area contributed by atoms with E-state index in [1.807, 2.05) is 66.7 Å². The third kappa shape index (κ3) is 5.34.